The van der Waals surface area contributed by atoms with Crippen LogP contribution >= 0.6 is 15.9 Å². The highest BCUT2D eigenvalue weighted by Gasteiger charge is 2.20. The van der Waals surface area contributed by atoms with Gasteiger partial charge in [0.2, 0.25) is 0 Å². The highest BCUT2D eigenvalue weighted by molar-refractivity contribution is 9.10. The molecule has 0 aliphatic carbocycles. The molecule has 1 amide bonds. The van der Waals surface area contributed by atoms with E-state index >= 15 is 0 Å². The Balaban J connectivity index is 2.89. The number of hydrogen-bond acceptors (Lipinski definition) is 3. The Hall–Kier alpha value is -1.36. The molecule has 0 aromatic heterocycles. The van der Waals surface area contributed by atoms with E-state index in [0.717, 1.165) is 4.47 Å². The van der Waals surface area contributed by atoms with Gasteiger partial charge in [0, 0.05) is 17.2 Å². The summed E-state index contributed by atoms with van der Waals surface area (Å²) >= 11 is 3.28. The zero-order valence-electron chi connectivity index (χ0n) is 8.36. The van der Waals surface area contributed by atoms with Gasteiger partial charge in [0.1, 0.15) is 0 Å². The normalized spacial score (nSPS) is 9.53. The molecule has 1 rings (SSSR count). The van der Waals surface area contributed by atoms with Gasteiger partial charge in [-0.25, -0.2) is 4.79 Å². The van der Waals surface area contributed by atoms with Crippen LogP contribution < -0.4 is 4.90 Å². The Morgan fingerprint density at radius 3 is 2.60 bits per heavy atom. The van der Waals surface area contributed by atoms with Gasteiger partial charge in [-0.15, -0.1) is 0 Å². The largest absolute Gasteiger partial charge is 0.462 e. The molecular formula is C10H10BrNO3. The van der Waals surface area contributed by atoms with E-state index in [2.05, 4.69) is 20.7 Å². The van der Waals surface area contributed by atoms with E-state index in [9.17, 15) is 9.59 Å². The van der Waals surface area contributed by atoms with Crippen molar-refractivity contribution in [1.29, 1.82) is 0 Å². The number of rotatable bonds is 1. The van der Waals surface area contributed by atoms with Crippen LogP contribution in [0.4, 0.5) is 5.69 Å². The fourth-order valence-corrected chi connectivity index (χ4v) is 1.41. The maximum Gasteiger partial charge on any atom is 0.397 e. The second-order valence-corrected chi connectivity index (χ2v) is 3.75. The molecule has 0 unspecified atom stereocenters. The summed E-state index contributed by atoms with van der Waals surface area (Å²) in [7, 11) is 2.69. The standard InChI is InChI=1S/C10H10BrNO3/c1-12(9(13)10(14)15-2)8-5-3-4-7(11)6-8/h3-6H,1-2H3. The maximum atomic E-state index is 11.4. The molecule has 15 heavy (non-hydrogen) atoms. The Labute approximate surface area is 96.0 Å². The number of likely N-dealkylation sites (N-methyl/N-ethyl adjacent to an activating group) is 1. The van der Waals surface area contributed by atoms with Crippen molar-refractivity contribution in [3.8, 4) is 0 Å². The molecule has 0 spiro atoms. The summed E-state index contributed by atoms with van der Waals surface area (Å²) in [6.45, 7) is 0. The molecule has 0 saturated carbocycles. The minimum absolute atomic E-state index is 0.625. The average molecular weight is 272 g/mol. The van der Waals surface area contributed by atoms with Gasteiger partial charge in [-0.3, -0.25) is 4.79 Å². The third kappa shape index (κ3) is 2.79. The quantitative estimate of drug-likeness (QED) is 0.576. The summed E-state index contributed by atoms with van der Waals surface area (Å²) in [6, 6.07) is 7.08. The van der Waals surface area contributed by atoms with Crippen LogP contribution in [0.15, 0.2) is 28.7 Å². The van der Waals surface area contributed by atoms with Crippen LogP contribution in [0.25, 0.3) is 0 Å². The number of anilines is 1. The van der Waals surface area contributed by atoms with Gasteiger partial charge in [0.25, 0.3) is 0 Å². The molecule has 0 bridgehead atoms. The monoisotopic (exact) mass is 271 g/mol. The third-order valence-electron chi connectivity index (χ3n) is 1.86. The van der Waals surface area contributed by atoms with E-state index in [0.29, 0.717) is 5.69 Å². The summed E-state index contributed by atoms with van der Waals surface area (Å²) in [5.41, 5.74) is 0.625. The van der Waals surface area contributed by atoms with E-state index in [1.54, 1.807) is 18.2 Å². The lowest BCUT2D eigenvalue weighted by Gasteiger charge is -2.15. The Bertz CT molecular complexity index is 392. The Morgan fingerprint density at radius 1 is 1.40 bits per heavy atom. The van der Waals surface area contributed by atoms with Crippen LogP contribution in [-0.4, -0.2) is 26.0 Å². The zero-order chi connectivity index (χ0) is 11.4. The topological polar surface area (TPSA) is 46.6 Å². The van der Waals surface area contributed by atoms with Gasteiger partial charge in [-0.1, -0.05) is 22.0 Å². The number of esters is 1. The molecule has 0 fully saturated rings. The number of nitrogens with zero attached hydrogens (tertiary/aromatic N) is 1. The van der Waals surface area contributed by atoms with Crippen LogP contribution in [0.3, 0.4) is 0 Å². The minimum atomic E-state index is -0.877. The van der Waals surface area contributed by atoms with Crippen LogP contribution in [0.1, 0.15) is 0 Å². The van der Waals surface area contributed by atoms with E-state index in [-0.39, 0.29) is 0 Å². The molecule has 1 aromatic carbocycles. The third-order valence-corrected chi connectivity index (χ3v) is 2.35. The number of carbonyl (C=O) groups excluding carboxylic acids is 2. The lowest BCUT2D eigenvalue weighted by atomic mass is 10.3. The van der Waals surface area contributed by atoms with Crippen LogP contribution in [0, 0.1) is 0 Å². The Morgan fingerprint density at radius 2 is 2.07 bits per heavy atom. The van der Waals surface area contributed by atoms with Crippen molar-refractivity contribution in [1.82, 2.24) is 0 Å². The van der Waals surface area contributed by atoms with Crippen molar-refractivity contribution < 1.29 is 14.3 Å². The maximum absolute atomic E-state index is 11.4. The van der Waals surface area contributed by atoms with Gasteiger partial charge < -0.3 is 9.64 Å². The first-order valence-corrected chi connectivity index (χ1v) is 4.97. The van der Waals surface area contributed by atoms with Gasteiger partial charge in [-0.2, -0.15) is 0 Å². The number of halogens is 1. The molecule has 0 N–H and O–H groups in total. The highest BCUT2D eigenvalue weighted by atomic mass is 79.9. The molecule has 0 radical (unpaired) electrons. The van der Waals surface area contributed by atoms with Gasteiger partial charge in [0.15, 0.2) is 0 Å². The number of methoxy groups -OCH3 is 1. The minimum Gasteiger partial charge on any atom is -0.462 e. The summed E-state index contributed by atoms with van der Waals surface area (Å²) in [5.74, 6) is -1.58. The number of amides is 1. The van der Waals surface area contributed by atoms with Crippen molar-refractivity contribution >= 4 is 33.5 Å². The van der Waals surface area contributed by atoms with Gasteiger partial charge in [-0.05, 0) is 18.2 Å². The zero-order valence-corrected chi connectivity index (χ0v) is 9.95. The van der Waals surface area contributed by atoms with Crippen molar-refractivity contribution in [2.24, 2.45) is 0 Å². The molecular weight excluding hydrogens is 262 g/mol. The summed E-state index contributed by atoms with van der Waals surface area (Å²) in [6.07, 6.45) is 0. The van der Waals surface area contributed by atoms with Crippen molar-refractivity contribution in [3.63, 3.8) is 0 Å². The smallest absolute Gasteiger partial charge is 0.397 e. The van der Waals surface area contributed by atoms with Gasteiger partial charge in [0.05, 0.1) is 7.11 Å². The predicted molar refractivity (Wildman–Crippen MR) is 59.6 cm³/mol. The molecule has 4 nitrogen and oxygen atoms in total. The first-order valence-electron chi connectivity index (χ1n) is 4.18. The lowest BCUT2D eigenvalue weighted by Crippen LogP contribution is -2.33. The van der Waals surface area contributed by atoms with E-state index in [1.165, 1.54) is 19.1 Å². The molecule has 0 saturated heterocycles. The molecule has 0 atom stereocenters. The number of carbonyl (C=O) groups is 2. The second kappa shape index (κ2) is 4.93. The van der Waals surface area contributed by atoms with Crippen LogP contribution in [0.5, 0.6) is 0 Å². The average Bonchev–Trinajstić information content (AvgIpc) is 2.26. The summed E-state index contributed by atoms with van der Waals surface area (Å²) < 4.78 is 5.18. The molecule has 0 aliphatic rings. The molecule has 80 valence electrons. The summed E-state index contributed by atoms with van der Waals surface area (Å²) in [5, 5.41) is 0. The van der Waals surface area contributed by atoms with E-state index in [1.807, 2.05) is 6.07 Å². The fourth-order valence-electron chi connectivity index (χ4n) is 1.03. The number of benzene rings is 1. The molecule has 5 heteroatoms. The van der Waals surface area contributed by atoms with Crippen molar-refractivity contribution in [2.75, 3.05) is 19.1 Å². The number of hydrogen-bond donors (Lipinski definition) is 0. The van der Waals surface area contributed by atoms with Crippen molar-refractivity contribution in [2.45, 2.75) is 0 Å². The van der Waals surface area contributed by atoms with Crippen molar-refractivity contribution in [3.05, 3.63) is 28.7 Å². The second-order valence-electron chi connectivity index (χ2n) is 2.84. The lowest BCUT2D eigenvalue weighted by molar-refractivity contribution is -0.151. The van der Waals surface area contributed by atoms with E-state index < -0.39 is 11.9 Å². The summed E-state index contributed by atoms with van der Waals surface area (Å²) in [4.78, 5) is 23.6. The van der Waals surface area contributed by atoms with Crippen LogP contribution in [0.2, 0.25) is 0 Å². The molecule has 1 aromatic rings. The fraction of sp³-hybridized carbons (Fsp3) is 0.200. The van der Waals surface area contributed by atoms with Crippen LogP contribution in [-0.2, 0) is 14.3 Å². The number of ether oxygens (including phenoxy) is 1. The molecule has 0 aliphatic heterocycles. The van der Waals surface area contributed by atoms with E-state index in [4.69, 9.17) is 0 Å². The molecule has 0 heterocycles. The van der Waals surface area contributed by atoms with Gasteiger partial charge >= 0.3 is 11.9 Å². The SMILES string of the molecule is COC(=O)C(=O)N(C)c1cccc(Br)c1. The highest BCUT2D eigenvalue weighted by Crippen LogP contribution is 2.18. The first kappa shape index (κ1) is 11.7. The predicted octanol–water partition coefficient (Wildman–Crippen LogP) is 1.58. The Kier molecular flexibility index (Phi) is 3.85. The first-order chi connectivity index (χ1) is 7.06.